The highest BCUT2D eigenvalue weighted by molar-refractivity contribution is 7.91. The summed E-state index contributed by atoms with van der Waals surface area (Å²) in [7, 11) is -3.51. The minimum Gasteiger partial charge on any atom is -0.479 e. The molecule has 104 valence electrons. The van der Waals surface area contributed by atoms with Gasteiger partial charge in [-0.15, -0.1) is 0 Å². The summed E-state index contributed by atoms with van der Waals surface area (Å²) in [5.74, 6) is -2.86. The van der Waals surface area contributed by atoms with Crippen LogP contribution in [0, 0.1) is 0 Å². The summed E-state index contributed by atoms with van der Waals surface area (Å²) in [6, 6.07) is 8.09. The number of carboxylic acid groups (broad SMARTS) is 1. The summed E-state index contributed by atoms with van der Waals surface area (Å²) in [4.78, 5) is 23.0. The normalized spacial score (nSPS) is 14.4. The summed E-state index contributed by atoms with van der Waals surface area (Å²) in [6.07, 6.45) is 0.910. The van der Waals surface area contributed by atoms with E-state index in [0.717, 1.165) is 6.26 Å². The molecule has 1 atom stereocenters. The number of carbonyl (C=O) groups excluding carboxylic acids is 1. The number of carboxylic acids is 1. The number of benzene rings is 1. The standard InChI is InChI=1S/C12H15NO5S/c1-12(11(15)16,9-6-4-3-5-7-9)13-10(14)8-19(2,17)18/h3-7H,8H2,1-2H3,(H,13,14)(H,15,16). The Morgan fingerprint density at radius 2 is 1.79 bits per heavy atom. The molecule has 19 heavy (non-hydrogen) atoms. The lowest BCUT2D eigenvalue weighted by molar-refractivity contribution is -0.147. The average Bonchev–Trinajstić information content (AvgIpc) is 2.27. The van der Waals surface area contributed by atoms with Crippen molar-refractivity contribution < 1.29 is 23.1 Å². The van der Waals surface area contributed by atoms with Crippen LogP contribution in [0.3, 0.4) is 0 Å². The van der Waals surface area contributed by atoms with Crippen molar-refractivity contribution in [1.82, 2.24) is 5.32 Å². The van der Waals surface area contributed by atoms with E-state index in [1.54, 1.807) is 30.3 Å². The van der Waals surface area contributed by atoms with Gasteiger partial charge in [-0.3, -0.25) is 4.79 Å². The molecule has 2 N–H and O–H groups in total. The predicted molar refractivity (Wildman–Crippen MR) is 69.3 cm³/mol. The maximum atomic E-state index is 11.6. The second kappa shape index (κ2) is 5.40. The highest BCUT2D eigenvalue weighted by atomic mass is 32.2. The zero-order valence-corrected chi connectivity index (χ0v) is 11.4. The number of hydrogen-bond acceptors (Lipinski definition) is 4. The second-order valence-electron chi connectivity index (χ2n) is 4.41. The molecule has 6 nitrogen and oxygen atoms in total. The Morgan fingerprint density at radius 3 is 2.21 bits per heavy atom. The first kappa shape index (κ1) is 15.2. The third-order valence-electron chi connectivity index (χ3n) is 2.56. The van der Waals surface area contributed by atoms with E-state index < -0.39 is 33.0 Å². The Bertz CT molecular complexity index is 581. The molecule has 0 saturated heterocycles. The van der Waals surface area contributed by atoms with Gasteiger partial charge >= 0.3 is 5.97 Å². The SMILES string of the molecule is CC(NC(=O)CS(C)(=O)=O)(C(=O)O)c1ccccc1. The van der Waals surface area contributed by atoms with Gasteiger partial charge in [-0.2, -0.15) is 0 Å². The number of amides is 1. The summed E-state index contributed by atoms with van der Waals surface area (Å²) in [5, 5.41) is 11.5. The third kappa shape index (κ3) is 4.06. The summed E-state index contributed by atoms with van der Waals surface area (Å²) < 4.78 is 22.1. The number of sulfone groups is 1. The van der Waals surface area contributed by atoms with Crippen molar-refractivity contribution in [2.45, 2.75) is 12.5 Å². The minimum atomic E-state index is -3.51. The summed E-state index contributed by atoms with van der Waals surface area (Å²) in [6.45, 7) is 1.31. The molecule has 0 spiro atoms. The maximum Gasteiger partial charge on any atom is 0.333 e. The van der Waals surface area contributed by atoms with Crippen molar-refractivity contribution in [3.63, 3.8) is 0 Å². The van der Waals surface area contributed by atoms with Crippen LogP contribution in [0.5, 0.6) is 0 Å². The molecule has 0 radical (unpaired) electrons. The van der Waals surface area contributed by atoms with Crippen LogP contribution in [0.2, 0.25) is 0 Å². The predicted octanol–water partition coefficient (Wildman–Crippen LogP) is 0.147. The number of hydrogen-bond donors (Lipinski definition) is 2. The molecule has 1 rings (SSSR count). The minimum absolute atomic E-state index is 0.365. The van der Waals surface area contributed by atoms with Crippen LogP contribution >= 0.6 is 0 Å². The molecule has 0 aliphatic heterocycles. The Labute approximate surface area is 111 Å². The quantitative estimate of drug-likeness (QED) is 0.802. The molecular formula is C12H15NO5S. The largest absolute Gasteiger partial charge is 0.479 e. The smallest absolute Gasteiger partial charge is 0.333 e. The fourth-order valence-corrected chi connectivity index (χ4v) is 2.12. The van der Waals surface area contributed by atoms with Crippen molar-refractivity contribution >= 4 is 21.7 Å². The molecule has 1 amide bonds. The Balaban J connectivity index is 3.03. The zero-order valence-electron chi connectivity index (χ0n) is 10.6. The van der Waals surface area contributed by atoms with Gasteiger partial charge in [0.25, 0.3) is 0 Å². The van der Waals surface area contributed by atoms with Gasteiger partial charge in [0.15, 0.2) is 15.4 Å². The van der Waals surface area contributed by atoms with Crippen molar-refractivity contribution in [1.29, 1.82) is 0 Å². The van der Waals surface area contributed by atoms with Gasteiger partial charge in [0.05, 0.1) is 0 Å². The van der Waals surface area contributed by atoms with Gasteiger partial charge < -0.3 is 10.4 Å². The number of aliphatic carboxylic acids is 1. The van der Waals surface area contributed by atoms with E-state index in [2.05, 4.69) is 5.32 Å². The fourth-order valence-electron chi connectivity index (χ4n) is 1.57. The van der Waals surface area contributed by atoms with E-state index in [1.807, 2.05) is 0 Å². The van der Waals surface area contributed by atoms with E-state index in [0.29, 0.717) is 5.56 Å². The molecule has 1 aromatic carbocycles. The molecule has 1 unspecified atom stereocenters. The van der Waals surface area contributed by atoms with Gasteiger partial charge in [-0.1, -0.05) is 30.3 Å². The monoisotopic (exact) mass is 285 g/mol. The first-order valence-corrected chi connectivity index (χ1v) is 7.49. The Morgan fingerprint density at radius 1 is 1.26 bits per heavy atom. The third-order valence-corrected chi connectivity index (χ3v) is 3.35. The van der Waals surface area contributed by atoms with Crippen molar-refractivity contribution in [2.75, 3.05) is 12.0 Å². The molecule has 0 saturated carbocycles. The van der Waals surface area contributed by atoms with Crippen LogP contribution < -0.4 is 5.32 Å². The Kier molecular flexibility index (Phi) is 4.31. The summed E-state index contributed by atoms with van der Waals surface area (Å²) >= 11 is 0. The molecule has 0 aromatic heterocycles. The first-order chi connectivity index (χ1) is 8.65. The molecular weight excluding hydrogens is 270 g/mol. The second-order valence-corrected chi connectivity index (χ2v) is 6.55. The van der Waals surface area contributed by atoms with E-state index >= 15 is 0 Å². The number of carbonyl (C=O) groups is 2. The van der Waals surface area contributed by atoms with Crippen LogP contribution in [0.25, 0.3) is 0 Å². The molecule has 0 fully saturated rings. The highest BCUT2D eigenvalue weighted by Gasteiger charge is 2.37. The number of rotatable bonds is 5. The first-order valence-electron chi connectivity index (χ1n) is 5.43. The highest BCUT2D eigenvalue weighted by Crippen LogP contribution is 2.20. The van der Waals surface area contributed by atoms with Crippen molar-refractivity contribution in [3.8, 4) is 0 Å². The summed E-state index contributed by atoms with van der Waals surface area (Å²) in [5.41, 5.74) is -1.30. The van der Waals surface area contributed by atoms with Gasteiger partial charge in [-0.25, -0.2) is 13.2 Å². The van der Waals surface area contributed by atoms with Crippen molar-refractivity contribution in [2.24, 2.45) is 0 Å². The topological polar surface area (TPSA) is 101 Å². The van der Waals surface area contributed by atoms with E-state index in [-0.39, 0.29) is 0 Å². The van der Waals surface area contributed by atoms with Gasteiger partial charge in [-0.05, 0) is 12.5 Å². The van der Waals surface area contributed by atoms with Crippen LogP contribution in [-0.2, 0) is 25.0 Å². The maximum absolute atomic E-state index is 11.6. The number of nitrogens with one attached hydrogen (secondary N) is 1. The Hall–Kier alpha value is -1.89. The van der Waals surface area contributed by atoms with Gasteiger partial charge in [0.2, 0.25) is 5.91 Å². The lowest BCUT2D eigenvalue weighted by Crippen LogP contribution is -2.51. The van der Waals surface area contributed by atoms with Crippen molar-refractivity contribution in [3.05, 3.63) is 35.9 Å². The lowest BCUT2D eigenvalue weighted by Gasteiger charge is -2.26. The van der Waals surface area contributed by atoms with E-state index in [1.165, 1.54) is 6.92 Å². The molecule has 0 heterocycles. The van der Waals surface area contributed by atoms with Gasteiger partial charge in [0, 0.05) is 6.26 Å². The molecule has 1 aromatic rings. The average molecular weight is 285 g/mol. The van der Waals surface area contributed by atoms with Crippen LogP contribution in [0.4, 0.5) is 0 Å². The lowest BCUT2D eigenvalue weighted by atomic mass is 9.92. The zero-order chi connectivity index (χ0) is 14.7. The van der Waals surface area contributed by atoms with Crippen LogP contribution in [0.1, 0.15) is 12.5 Å². The molecule has 0 bridgehead atoms. The van der Waals surface area contributed by atoms with Crippen LogP contribution in [0.15, 0.2) is 30.3 Å². The molecule has 0 aliphatic carbocycles. The van der Waals surface area contributed by atoms with Gasteiger partial charge in [0.1, 0.15) is 5.75 Å². The fraction of sp³-hybridized carbons (Fsp3) is 0.333. The molecule has 7 heteroatoms. The van der Waals surface area contributed by atoms with E-state index in [9.17, 15) is 23.1 Å². The molecule has 0 aliphatic rings. The van der Waals surface area contributed by atoms with Crippen LogP contribution in [-0.4, -0.2) is 37.4 Å². The van der Waals surface area contributed by atoms with E-state index in [4.69, 9.17) is 0 Å².